The second-order valence-electron chi connectivity index (χ2n) is 8.63. The molecule has 0 aliphatic carbocycles. The standard InChI is InChI=1S/C23H48O4S.K/c1-3-4-5-13-17-20-23(24)21-18-15-12-10-8-6-7-9-11-14-16-19-22(2)28(25,26)27;/h22-24H,3-21H2,1-2H3,(H,25,26,27);/q;+1/p-1. The molecule has 6 heteroatoms. The number of aliphatic hydroxyl groups is 1. The molecule has 0 rings (SSSR count). The second-order valence-corrected chi connectivity index (χ2v) is 10.4. The molecular weight excluding hydrogens is 411 g/mol. The fourth-order valence-corrected chi connectivity index (χ4v) is 4.13. The van der Waals surface area contributed by atoms with Gasteiger partial charge in [-0.25, -0.2) is 8.42 Å². The van der Waals surface area contributed by atoms with Crippen molar-refractivity contribution in [3.8, 4) is 0 Å². The van der Waals surface area contributed by atoms with Gasteiger partial charge in [0.25, 0.3) is 0 Å². The molecule has 0 fully saturated rings. The Morgan fingerprint density at radius 2 is 0.966 bits per heavy atom. The SMILES string of the molecule is CCCCCCCC(O)CCCCCCCCCCCCCC(C)S(=O)(=O)[O-].[K+]. The van der Waals surface area contributed by atoms with E-state index in [1.807, 2.05) is 0 Å². The normalized spacial score (nSPS) is 13.8. The summed E-state index contributed by atoms with van der Waals surface area (Å²) in [4.78, 5) is 0. The van der Waals surface area contributed by atoms with E-state index in [2.05, 4.69) is 6.92 Å². The van der Waals surface area contributed by atoms with Crippen LogP contribution in [-0.2, 0) is 10.1 Å². The van der Waals surface area contributed by atoms with Crippen LogP contribution in [0.25, 0.3) is 0 Å². The van der Waals surface area contributed by atoms with E-state index in [9.17, 15) is 18.1 Å². The molecule has 0 aliphatic rings. The number of rotatable bonds is 21. The number of hydrogen-bond acceptors (Lipinski definition) is 4. The molecule has 0 spiro atoms. The molecule has 29 heavy (non-hydrogen) atoms. The smallest absolute Gasteiger partial charge is 0.748 e. The van der Waals surface area contributed by atoms with Gasteiger partial charge in [0.1, 0.15) is 0 Å². The van der Waals surface area contributed by atoms with Gasteiger partial charge in [0.15, 0.2) is 0 Å². The summed E-state index contributed by atoms with van der Waals surface area (Å²) in [5.74, 6) is 0. The van der Waals surface area contributed by atoms with E-state index in [1.54, 1.807) is 0 Å². The zero-order chi connectivity index (χ0) is 21.1. The Labute approximate surface area is 224 Å². The molecular formula is C23H47KO4S. The molecule has 170 valence electrons. The fourth-order valence-electron chi connectivity index (χ4n) is 3.67. The van der Waals surface area contributed by atoms with E-state index >= 15 is 0 Å². The average molecular weight is 459 g/mol. The van der Waals surface area contributed by atoms with Gasteiger partial charge >= 0.3 is 51.4 Å². The minimum absolute atomic E-state index is 0. The molecule has 0 heterocycles. The molecule has 0 amide bonds. The summed E-state index contributed by atoms with van der Waals surface area (Å²) >= 11 is 0. The van der Waals surface area contributed by atoms with Gasteiger partial charge in [0, 0.05) is 5.25 Å². The minimum Gasteiger partial charge on any atom is -0.748 e. The van der Waals surface area contributed by atoms with Gasteiger partial charge in [-0.2, -0.15) is 0 Å². The van der Waals surface area contributed by atoms with Crippen molar-refractivity contribution in [2.24, 2.45) is 0 Å². The van der Waals surface area contributed by atoms with Gasteiger partial charge in [-0.1, -0.05) is 110 Å². The Bertz CT molecular complexity index is 429. The van der Waals surface area contributed by atoms with Crippen molar-refractivity contribution in [3.63, 3.8) is 0 Å². The van der Waals surface area contributed by atoms with E-state index in [-0.39, 0.29) is 57.5 Å². The zero-order valence-electron chi connectivity index (χ0n) is 19.7. The first kappa shape index (κ1) is 32.7. The van der Waals surface area contributed by atoms with Crippen LogP contribution in [0.2, 0.25) is 0 Å². The van der Waals surface area contributed by atoms with Crippen LogP contribution in [0.4, 0.5) is 0 Å². The van der Waals surface area contributed by atoms with E-state index in [0.29, 0.717) is 6.42 Å². The first-order valence-corrected chi connectivity index (χ1v) is 13.5. The van der Waals surface area contributed by atoms with Gasteiger partial charge in [-0.3, -0.25) is 0 Å². The quantitative estimate of drug-likeness (QED) is 0.162. The van der Waals surface area contributed by atoms with Gasteiger partial charge in [0.05, 0.1) is 16.2 Å². The van der Waals surface area contributed by atoms with Crippen molar-refractivity contribution in [2.45, 2.75) is 147 Å². The van der Waals surface area contributed by atoms with Gasteiger partial charge < -0.3 is 9.66 Å². The second kappa shape index (κ2) is 22.7. The fraction of sp³-hybridized carbons (Fsp3) is 1.00. The largest absolute Gasteiger partial charge is 1.00 e. The van der Waals surface area contributed by atoms with Gasteiger partial charge in [-0.05, 0) is 26.2 Å². The maximum Gasteiger partial charge on any atom is 1.00 e. The summed E-state index contributed by atoms with van der Waals surface area (Å²) < 4.78 is 32.4. The van der Waals surface area contributed by atoms with E-state index < -0.39 is 15.4 Å². The maximum atomic E-state index is 10.8. The van der Waals surface area contributed by atoms with E-state index in [0.717, 1.165) is 38.5 Å². The van der Waals surface area contributed by atoms with E-state index in [4.69, 9.17) is 0 Å². The predicted octanol–water partition coefficient (Wildman–Crippen LogP) is 3.72. The topological polar surface area (TPSA) is 77.4 Å². The monoisotopic (exact) mass is 458 g/mol. The maximum absolute atomic E-state index is 10.8. The summed E-state index contributed by atoms with van der Waals surface area (Å²) in [6.45, 7) is 3.74. The number of aliphatic hydroxyl groups excluding tert-OH is 1. The molecule has 4 nitrogen and oxygen atoms in total. The van der Waals surface area contributed by atoms with Crippen LogP contribution in [0.3, 0.4) is 0 Å². The number of hydrogen-bond donors (Lipinski definition) is 1. The van der Waals surface area contributed by atoms with Crippen LogP contribution in [0.5, 0.6) is 0 Å². The first-order valence-electron chi connectivity index (χ1n) is 12.0. The first-order chi connectivity index (χ1) is 13.4. The van der Waals surface area contributed by atoms with Crippen molar-refractivity contribution in [2.75, 3.05) is 0 Å². The molecule has 0 aliphatic heterocycles. The van der Waals surface area contributed by atoms with Crippen LogP contribution in [-0.4, -0.2) is 29.4 Å². The van der Waals surface area contributed by atoms with Crippen molar-refractivity contribution < 1.29 is 69.5 Å². The van der Waals surface area contributed by atoms with E-state index in [1.165, 1.54) is 84.0 Å². The van der Waals surface area contributed by atoms with Crippen LogP contribution in [0.1, 0.15) is 136 Å². The van der Waals surface area contributed by atoms with Crippen molar-refractivity contribution >= 4 is 10.1 Å². The average Bonchev–Trinajstić information content (AvgIpc) is 2.64. The van der Waals surface area contributed by atoms with Crippen LogP contribution in [0.15, 0.2) is 0 Å². The zero-order valence-corrected chi connectivity index (χ0v) is 23.6. The Morgan fingerprint density at radius 1 is 0.655 bits per heavy atom. The molecule has 0 aromatic heterocycles. The molecule has 0 saturated carbocycles. The summed E-state index contributed by atoms with van der Waals surface area (Å²) in [6, 6.07) is 0. The third-order valence-corrected chi connectivity index (χ3v) is 7.00. The van der Waals surface area contributed by atoms with Crippen molar-refractivity contribution in [1.82, 2.24) is 0 Å². The molecule has 1 N–H and O–H groups in total. The molecule has 0 aromatic rings. The Kier molecular flexibility index (Phi) is 25.6. The van der Waals surface area contributed by atoms with Crippen LogP contribution in [0, 0.1) is 0 Å². The predicted molar refractivity (Wildman–Crippen MR) is 119 cm³/mol. The Hall–Kier alpha value is 1.51. The molecule has 0 radical (unpaired) electrons. The van der Waals surface area contributed by atoms with Gasteiger partial charge in [0.2, 0.25) is 0 Å². The Morgan fingerprint density at radius 3 is 1.31 bits per heavy atom. The van der Waals surface area contributed by atoms with Crippen molar-refractivity contribution in [3.05, 3.63) is 0 Å². The molecule has 0 aromatic carbocycles. The molecule has 0 bridgehead atoms. The summed E-state index contributed by atoms with van der Waals surface area (Å²) in [7, 11) is -4.09. The van der Waals surface area contributed by atoms with Crippen molar-refractivity contribution in [1.29, 1.82) is 0 Å². The molecule has 2 atom stereocenters. The summed E-state index contributed by atoms with van der Waals surface area (Å²) in [5.41, 5.74) is 0. The van der Waals surface area contributed by atoms with Crippen LogP contribution >= 0.6 is 0 Å². The molecule has 0 saturated heterocycles. The Balaban J connectivity index is 0. The van der Waals surface area contributed by atoms with Gasteiger partial charge in [-0.15, -0.1) is 0 Å². The summed E-state index contributed by atoms with van der Waals surface area (Å²) in [6.07, 6.45) is 21.8. The third kappa shape index (κ3) is 24.0. The van der Waals surface area contributed by atoms with Crippen LogP contribution < -0.4 is 51.4 Å². The minimum atomic E-state index is -4.09. The summed E-state index contributed by atoms with van der Waals surface area (Å²) in [5, 5.41) is 9.26. The molecule has 2 unspecified atom stereocenters. The number of unbranched alkanes of at least 4 members (excludes halogenated alkanes) is 14. The third-order valence-electron chi connectivity index (χ3n) is 5.78.